The average Bonchev–Trinajstić information content (AvgIpc) is 2.78. The van der Waals surface area contributed by atoms with Gasteiger partial charge in [-0.2, -0.15) is 0 Å². The fourth-order valence-corrected chi connectivity index (χ4v) is 3.80. The first-order valence-electron chi connectivity index (χ1n) is 10.2. The zero-order valence-electron chi connectivity index (χ0n) is 17.6. The van der Waals surface area contributed by atoms with E-state index in [2.05, 4.69) is 61.5 Å². The maximum absolute atomic E-state index is 11.1. The van der Waals surface area contributed by atoms with Gasteiger partial charge in [0.25, 0.3) is 0 Å². The smallest absolute Gasteiger partial charge is 0.335 e. The standard InChI is InChI=1S/C28H23NO2/c1-19(21-8-10-23(11-9-21)27(30)31)24-12-13-26-25(17-24)22(14-15-28(26,2)3)7-6-20-5-4-16-29-18-20/h4-5,8-14,16-18H,1,15H2,2-3H3,(H,30,31). The molecule has 3 heteroatoms. The van der Waals surface area contributed by atoms with E-state index in [0.717, 1.165) is 39.8 Å². The van der Waals surface area contributed by atoms with Gasteiger partial charge in [0.15, 0.2) is 0 Å². The van der Waals surface area contributed by atoms with Crippen molar-refractivity contribution in [1.82, 2.24) is 4.98 Å². The predicted molar refractivity (Wildman–Crippen MR) is 125 cm³/mol. The van der Waals surface area contributed by atoms with Gasteiger partial charge >= 0.3 is 5.97 Å². The van der Waals surface area contributed by atoms with Crippen LogP contribution in [0.25, 0.3) is 11.1 Å². The summed E-state index contributed by atoms with van der Waals surface area (Å²) >= 11 is 0. The number of carboxylic acid groups (broad SMARTS) is 1. The van der Waals surface area contributed by atoms with E-state index in [-0.39, 0.29) is 11.0 Å². The second-order valence-corrected chi connectivity index (χ2v) is 8.32. The summed E-state index contributed by atoms with van der Waals surface area (Å²) in [5.74, 6) is 5.62. The highest BCUT2D eigenvalue weighted by molar-refractivity contribution is 5.90. The highest BCUT2D eigenvalue weighted by Gasteiger charge is 2.28. The van der Waals surface area contributed by atoms with Crippen molar-refractivity contribution in [1.29, 1.82) is 0 Å². The van der Waals surface area contributed by atoms with Crippen molar-refractivity contribution in [2.24, 2.45) is 0 Å². The molecular formula is C28H23NO2. The number of aromatic carboxylic acids is 1. The van der Waals surface area contributed by atoms with E-state index in [4.69, 9.17) is 5.11 Å². The molecule has 31 heavy (non-hydrogen) atoms. The van der Waals surface area contributed by atoms with E-state index in [1.165, 1.54) is 5.56 Å². The lowest BCUT2D eigenvalue weighted by atomic mass is 9.72. The lowest BCUT2D eigenvalue weighted by Gasteiger charge is -2.31. The van der Waals surface area contributed by atoms with Gasteiger partial charge in [-0.25, -0.2) is 4.79 Å². The summed E-state index contributed by atoms with van der Waals surface area (Å²) in [4.78, 5) is 15.3. The summed E-state index contributed by atoms with van der Waals surface area (Å²) in [7, 11) is 0. The highest BCUT2D eigenvalue weighted by atomic mass is 16.4. The number of benzene rings is 2. The third-order valence-electron chi connectivity index (χ3n) is 5.69. The molecule has 0 saturated heterocycles. The molecule has 0 spiro atoms. The minimum absolute atomic E-state index is 0.0256. The van der Waals surface area contributed by atoms with E-state index in [0.29, 0.717) is 0 Å². The van der Waals surface area contributed by atoms with Crippen molar-refractivity contribution in [2.75, 3.05) is 0 Å². The summed E-state index contributed by atoms with van der Waals surface area (Å²) < 4.78 is 0. The quantitative estimate of drug-likeness (QED) is 0.547. The van der Waals surface area contributed by atoms with Crippen LogP contribution in [0.4, 0.5) is 0 Å². The Kier molecular flexibility index (Phi) is 5.31. The molecule has 0 unspecified atom stereocenters. The van der Waals surface area contributed by atoms with Crippen LogP contribution in [0.1, 0.15) is 58.4 Å². The maximum Gasteiger partial charge on any atom is 0.335 e. The topological polar surface area (TPSA) is 50.2 Å². The number of allylic oxidation sites excluding steroid dienone is 2. The second-order valence-electron chi connectivity index (χ2n) is 8.32. The molecule has 0 fully saturated rings. The van der Waals surface area contributed by atoms with Crippen LogP contribution in [0.3, 0.4) is 0 Å². The van der Waals surface area contributed by atoms with E-state index >= 15 is 0 Å². The van der Waals surface area contributed by atoms with Crippen LogP contribution in [0, 0.1) is 11.8 Å². The fourth-order valence-electron chi connectivity index (χ4n) is 3.80. The van der Waals surface area contributed by atoms with Gasteiger partial charge in [0.2, 0.25) is 0 Å². The van der Waals surface area contributed by atoms with E-state index < -0.39 is 5.97 Å². The molecule has 1 aliphatic carbocycles. The first kappa shape index (κ1) is 20.4. The number of carboxylic acids is 1. The number of hydrogen-bond donors (Lipinski definition) is 1. The minimum Gasteiger partial charge on any atom is -0.478 e. The van der Waals surface area contributed by atoms with Crippen LogP contribution in [0.5, 0.6) is 0 Å². The number of hydrogen-bond acceptors (Lipinski definition) is 2. The van der Waals surface area contributed by atoms with Gasteiger partial charge in [-0.3, -0.25) is 4.98 Å². The summed E-state index contributed by atoms with van der Waals surface area (Å²) in [6.45, 7) is 8.75. The largest absolute Gasteiger partial charge is 0.478 e. The van der Waals surface area contributed by atoms with Gasteiger partial charge in [-0.1, -0.05) is 62.6 Å². The molecule has 152 valence electrons. The Hall–Kier alpha value is -3.90. The number of carbonyl (C=O) groups is 1. The van der Waals surface area contributed by atoms with Gasteiger partial charge in [-0.05, 0) is 70.0 Å². The van der Waals surface area contributed by atoms with Crippen molar-refractivity contribution in [3.63, 3.8) is 0 Å². The Labute approximate surface area is 182 Å². The minimum atomic E-state index is -0.935. The number of aromatic nitrogens is 1. The molecule has 1 N–H and O–H groups in total. The molecule has 1 heterocycles. The van der Waals surface area contributed by atoms with Gasteiger partial charge in [0, 0.05) is 23.5 Å². The van der Waals surface area contributed by atoms with Crippen molar-refractivity contribution < 1.29 is 9.90 Å². The molecule has 0 amide bonds. The van der Waals surface area contributed by atoms with Crippen molar-refractivity contribution in [3.8, 4) is 11.8 Å². The summed E-state index contributed by atoms with van der Waals surface area (Å²) in [6.07, 6.45) is 6.64. The molecule has 2 aromatic carbocycles. The number of pyridine rings is 1. The molecular weight excluding hydrogens is 382 g/mol. The van der Waals surface area contributed by atoms with Crippen LogP contribution in [-0.2, 0) is 5.41 Å². The van der Waals surface area contributed by atoms with Gasteiger partial charge < -0.3 is 5.11 Å². The molecule has 0 atom stereocenters. The Morgan fingerprint density at radius 1 is 1.03 bits per heavy atom. The van der Waals surface area contributed by atoms with Crippen LogP contribution in [0.15, 0.2) is 79.6 Å². The predicted octanol–water partition coefficient (Wildman–Crippen LogP) is 5.96. The lowest BCUT2D eigenvalue weighted by Crippen LogP contribution is -2.21. The second kappa shape index (κ2) is 8.08. The van der Waals surface area contributed by atoms with E-state index in [1.807, 2.05) is 12.1 Å². The summed E-state index contributed by atoms with van der Waals surface area (Å²) in [5.41, 5.74) is 7.31. The Morgan fingerprint density at radius 2 is 1.74 bits per heavy atom. The third-order valence-corrected chi connectivity index (χ3v) is 5.69. The molecule has 3 nitrogen and oxygen atoms in total. The Bertz CT molecular complexity index is 1250. The molecule has 0 radical (unpaired) electrons. The van der Waals surface area contributed by atoms with Crippen LogP contribution in [0.2, 0.25) is 0 Å². The normalized spacial score (nSPS) is 13.9. The summed E-state index contributed by atoms with van der Waals surface area (Å²) in [5, 5.41) is 9.13. The van der Waals surface area contributed by atoms with Crippen molar-refractivity contribution >= 4 is 17.1 Å². The van der Waals surface area contributed by atoms with Gasteiger partial charge in [0.05, 0.1) is 5.56 Å². The van der Waals surface area contributed by atoms with Gasteiger partial charge in [0.1, 0.15) is 0 Å². The van der Waals surface area contributed by atoms with E-state index in [1.54, 1.807) is 36.7 Å². The zero-order valence-corrected chi connectivity index (χ0v) is 17.6. The third kappa shape index (κ3) is 4.20. The molecule has 1 aliphatic rings. The van der Waals surface area contributed by atoms with Crippen LogP contribution >= 0.6 is 0 Å². The Balaban J connectivity index is 1.72. The van der Waals surface area contributed by atoms with Gasteiger partial charge in [-0.15, -0.1) is 0 Å². The number of rotatable bonds is 3. The molecule has 0 bridgehead atoms. The highest BCUT2D eigenvalue weighted by Crippen LogP contribution is 2.40. The van der Waals surface area contributed by atoms with Crippen LogP contribution < -0.4 is 0 Å². The van der Waals surface area contributed by atoms with Crippen molar-refractivity contribution in [2.45, 2.75) is 25.7 Å². The van der Waals surface area contributed by atoms with E-state index in [9.17, 15) is 4.79 Å². The van der Waals surface area contributed by atoms with Crippen LogP contribution in [-0.4, -0.2) is 16.1 Å². The molecule has 4 rings (SSSR count). The fraction of sp³-hybridized carbons (Fsp3) is 0.143. The first-order valence-corrected chi connectivity index (χ1v) is 10.2. The summed E-state index contributed by atoms with van der Waals surface area (Å²) in [6, 6.07) is 17.0. The number of fused-ring (bicyclic) bond motifs is 1. The lowest BCUT2D eigenvalue weighted by molar-refractivity contribution is 0.0697. The Morgan fingerprint density at radius 3 is 2.42 bits per heavy atom. The molecule has 0 saturated carbocycles. The SMILES string of the molecule is C=C(c1ccc(C(=O)O)cc1)c1ccc2c(c1)C(C#Cc1cccnc1)=CCC2(C)C. The maximum atomic E-state index is 11.1. The molecule has 1 aromatic heterocycles. The first-order chi connectivity index (χ1) is 14.8. The monoisotopic (exact) mass is 405 g/mol. The molecule has 3 aromatic rings. The van der Waals surface area contributed by atoms with Crippen molar-refractivity contribution in [3.05, 3.63) is 113 Å². The average molecular weight is 405 g/mol. The zero-order chi connectivity index (χ0) is 22.0. The number of nitrogens with zero attached hydrogens (tertiary/aromatic N) is 1. The molecule has 0 aliphatic heterocycles.